The summed E-state index contributed by atoms with van der Waals surface area (Å²) < 4.78 is 38.3. The first-order valence-electron chi connectivity index (χ1n) is 8.98. The van der Waals surface area contributed by atoms with Gasteiger partial charge in [-0.25, -0.2) is 8.42 Å². The maximum atomic E-state index is 12.8. The molecule has 7 nitrogen and oxygen atoms in total. The highest BCUT2D eigenvalue weighted by atomic mass is 35.5. The van der Waals surface area contributed by atoms with Crippen molar-refractivity contribution in [1.82, 2.24) is 4.72 Å². The van der Waals surface area contributed by atoms with E-state index < -0.39 is 22.0 Å². The lowest BCUT2D eigenvalue weighted by Crippen LogP contribution is -2.41. The fourth-order valence-corrected chi connectivity index (χ4v) is 4.36. The van der Waals surface area contributed by atoms with Crippen molar-refractivity contribution in [3.05, 3.63) is 59.6 Å². The van der Waals surface area contributed by atoms with Gasteiger partial charge in [0.05, 0.1) is 35.9 Å². The van der Waals surface area contributed by atoms with Crippen LogP contribution in [0.2, 0.25) is 5.02 Å². The Labute approximate surface area is 180 Å². The number of benzene rings is 3. The number of carbonyl (C=O) groups excluding carboxylic acids is 1. The summed E-state index contributed by atoms with van der Waals surface area (Å²) in [5.41, 5.74) is 0.306. The van der Waals surface area contributed by atoms with E-state index in [9.17, 15) is 13.2 Å². The van der Waals surface area contributed by atoms with E-state index in [1.54, 1.807) is 12.1 Å². The Bertz CT molecular complexity index is 1200. The van der Waals surface area contributed by atoms with E-state index in [1.165, 1.54) is 39.3 Å². The average Bonchev–Trinajstić information content (AvgIpc) is 2.73. The molecule has 3 aromatic carbocycles. The van der Waals surface area contributed by atoms with E-state index in [0.717, 1.165) is 10.8 Å². The van der Waals surface area contributed by atoms with Crippen molar-refractivity contribution in [2.24, 2.45) is 0 Å². The molecular formula is C21H21ClN2O5S. The summed E-state index contributed by atoms with van der Waals surface area (Å²) in [4.78, 5) is 12.7. The summed E-state index contributed by atoms with van der Waals surface area (Å²) in [7, 11) is -1.04. The molecule has 0 aliphatic heterocycles. The molecule has 0 spiro atoms. The zero-order valence-electron chi connectivity index (χ0n) is 16.6. The first-order chi connectivity index (χ1) is 14.2. The van der Waals surface area contributed by atoms with Crippen LogP contribution in [0.5, 0.6) is 11.5 Å². The van der Waals surface area contributed by atoms with Crippen molar-refractivity contribution >= 4 is 44.0 Å². The number of fused-ring (bicyclic) bond motifs is 1. The van der Waals surface area contributed by atoms with Gasteiger partial charge in [0, 0.05) is 12.1 Å². The van der Waals surface area contributed by atoms with Gasteiger partial charge in [-0.15, -0.1) is 0 Å². The summed E-state index contributed by atoms with van der Waals surface area (Å²) in [6.45, 7) is 1.45. The first-order valence-corrected chi connectivity index (χ1v) is 10.8. The van der Waals surface area contributed by atoms with Crippen molar-refractivity contribution in [3.8, 4) is 11.5 Å². The van der Waals surface area contributed by atoms with E-state index in [-0.39, 0.29) is 4.90 Å². The fourth-order valence-electron chi connectivity index (χ4n) is 2.89. The number of sulfonamides is 1. The van der Waals surface area contributed by atoms with Crippen LogP contribution in [-0.4, -0.2) is 34.6 Å². The Kier molecular flexibility index (Phi) is 6.50. The highest BCUT2D eigenvalue weighted by molar-refractivity contribution is 7.89. The molecule has 0 saturated heterocycles. The van der Waals surface area contributed by atoms with Gasteiger partial charge in [0.15, 0.2) is 0 Å². The maximum absolute atomic E-state index is 12.8. The van der Waals surface area contributed by atoms with Gasteiger partial charge in [0.2, 0.25) is 15.9 Å². The molecule has 158 valence electrons. The Morgan fingerprint density at radius 1 is 0.967 bits per heavy atom. The molecule has 30 heavy (non-hydrogen) atoms. The lowest BCUT2D eigenvalue weighted by atomic mass is 10.1. The van der Waals surface area contributed by atoms with Crippen molar-refractivity contribution in [3.63, 3.8) is 0 Å². The predicted octanol–water partition coefficient (Wildman–Crippen LogP) is 3.82. The van der Waals surface area contributed by atoms with Crippen molar-refractivity contribution in [2.75, 3.05) is 19.5 Å². The van der Waals surface area contributed by atoms with Crippen molar-refractivity contribution in [1.29, 1.82) is 0 Å². The van der Waals surface area contributed by atoms with Crippen LogP contribution in [0.3, 0.4) is 0 Å². The third-order valence-electron chi connectivity index (χ3n) is 4.49. The van der Waals surface area contributed by atoms with Crippen LogP contribution in [0, 0.1) is 0 Å². The van der Waals surface area contributed by atoms with Crippen LogP contribution in [0.4, 0.5) is 5.69 Å². The Hall–Kier alpha value is -2.81. The van der Waals surface area contributed by atoms with E-state index >= 15 is 0 Å². The number of rotatable bonds is 7. The smallest absolute Gasteiger partial charge is 0.242 e. The molecule has 0 aliphatic carbocycles. The van der Waals surface area contributed by atoms with Gasteiger partial charge in [0.25, 0.3) is 0 Å². The second-order valence-corrected chi connectivity index (χ2v) is 8.65. The lowest BCUT2D eigenvalue weighted by Gasteiger charge is -2.17. The van der Waals surface area contributed by atoms with Gasteiger partial charge in [0.1, 0.15) is 11.5 Å². The van der Waals surface area contributed by atoms with Gasteiger partial charge in [-0.05, 0) is 29.8 Å². The Morgan fingerprint density at radius 2 is 1.63 bits per heavy atom. The second-order valence-electron chi connectivity index (χ2n) is 6.53. The van der Waals surface area contributed by atoms with Gasteiger partial charge in [-0.2, -0.15) is 4.72 Å². The summed E-state index contributed by atoms with van der Waals surface area (Å²) in [6.07, 6.45) is 0. The molecule has 0 radical (unpaired) electrons. The van der Waals surface area contributed by atoms with Gasteiger partial charge < -0.3 is 14.8 Å². The molecular weight excluding hydrogens is 428 g/mol. The second kappa shape index (κ2) is 8.91. The third-order valence-corrected chi connectivity index (χ3v) is 6.32. The predicted molar refractivity (Wildman–Crippen MR) is 117 cm³/mol. The molecule has 3 aromatic rings. The van der Waals surface area contributed by atoms with Crippen LogP contribution in [0.1, 0.15) is 6.92 Å². The summed E-state index contributed by atoms with van der Waals surface area (Å²) in [5, 5.41) is 4.66. The molecule has 9 heteroatoms. The van der Waals surface area contributed by atoms with Crippen LogP contribution < -0.4 is 19.5 Å². The van der Waals surface area contributed by atoms with E-state index in [1.807, 2.05) is 24.3 Å². The third kappa shape index (κ3) is 4.67. The number of amides is 1. The number of anilines is 1. The number of nitrogens with one attached hydrogen (secondary N) is 2. The van der Waals surface area contributed by atoms with Crippen molar-refractivity contribution < 1.29 is 22.7 Å². The average molecular weight is 449 g/mol. The summed E-state index contributed by atoms with van der Waals surface area (Å²) >= 11 is 6.07. The number of methoxy groups -OCH3 is 2. The minimum absolute atomic E-state index is 0.0755. The normalized spacial score (nSPS) is 12.4. The number of hydrogen-bond acceptors (Lipinski definition) is 5. The maximum Gasteiger partial charge on any atom is 0.242 e. The largest absolute Gasteiger partial charge is 0.495 e. The fraction of sp³-hybridized carbons (Fsp3) is 0.190. The summed E-state index contributed by atoms with van der Waals surface area (Å²) in [5.74, 6) is 0.0953. The molecule has 0 aromatic heterocycles. The minimum atomic E-state index is -3.91. The Balaban J connectivity index is 1.79. The highest BCUT2D eigenvalue weighted by Gasteiger charge is 2.23. The number of hydrogen-bond donors (Lipinski definition) is 2. The van der Waals surface area contributed by atoms with E-state index in [2.05, 4.69) is 10.0 Å². The van der Waals surface area contributed by atoms with E-state index in [0.29, 0.717) is 22.2 Å². The molecule has 0 unspecified atom stereocenters. The SMILES string of the molecule is COc1cc(NC(=O)[C@@H](C)NS(=O)(=O)c2ccc3ccccc3c2)c(OC)cc1Cl. The summed E-state index contributed by atoms with van der Waals surface area (Å²) in [6, 6.07) is 14.2. The highest BCUT2D eigenvalue weighted by Crippen LogP contribution is 2.35. The first kappa shape index (κ1) is 21.9. The molecule has 1 amide bonds. The molecule has 0 fully saturated rings. The quantitative estimate of drug-likeness (QED) is 0.573. The standard InChI is InChI=1S/C21H21ClN2O5S/c1-13(21(25)23-18-12-19(28-2)17(22)11-20(18)29-3)24-30(26,27)16-9-8-14-6-4-5-7-15(14)10-16/h4-13,24H,1-3H3,(H,23,25)/t13-/m1/s1. The monoisotopic (exact) mass is 448 g/mol. The lowest BCUT2D eigenvalue weighted by molar-refractivity contribution is -0.117. The van der Waals surface area contributed by atoms with Crippen LogP contribution in [0.25, 0.3) is 10.8 Å². The minimum Gasteiger partial charge on any atom is -0.495 e. The van der Waals surface area contributed by atoms with Gasteiger partial charge in [-0.3, -0.25) is 4.79 Å². The molecule has 0 bridgehead atoms. The van der Waals surface area contributed by atoms with Gasteiger partial charge >= 0.3 is 0 Å². The van der Waals surface area contributed by atoms with Crippen LogP contribution >= 0.6 is 11.6 Å². The molecule has 0 aliphatic rings. The molecule has 3 rings (SSSR count). The molecule has 0 saturated carbocycles. The van der Waals surface area contributed by atoms with Crippen LogP contribution in [-0.2, 0) is 14.8 Å². The number of ether oxygens (including phenoxy) is 2. The van der Waals surface area contributed by atoms with E-state index in [4.69, 9.17) is 21.1 Å². The number of halogens is 1. The molecule has 2 N–H and O–H groups in total. The van der Waals surface area contributed by atoms with Crippen LogP contribution in [0.15, 0.2) is 59.5 Å². The topological polar surface area (TPSA) is 93.7 Å². The Morgan fingerprint density at radius 3 is 2.30 bits per heavy atom. The number of carbonyl (C=O) groups is 1. The van der Waals surface area contributed by atoms with Gasteiger partial charge in [-0.1, -0.05) is 41.9 Å². The zero-order valence-corrected chi connectivity index (χ0v) is 18.2. The molecule has 0 heterocycles. The van der Waals surface area contributed by atoms with Crippen molar-refractivity contribution in [2.45, 2.75) is 17.9 Å². The molecule has 1 atom stereocenters. The zero-order chi connectivity index (χ0) is 21.9.